The van der Waals surface area contributed by atoms with E-state index in [1.165, 1.54) is 4.90 Å². The fraction of sp³-hybridized carbons (Fsp3) is 0.857. The molecular formula is C21H34N2O6. The van der Waals surface area contributed by atoms with Crippen LogP contribution in [-0.2, 0) is 23.9 Å². The number of aliphatic hydroxyl groups is 1. The molecule has 1 spiro atoms. The van der Waals surface area contributed by atoms with Crippen molar-refractivity contribution in [1.82, 2.24) is 10.2 Å². The molecule has 0 radical (unpaired) electrons. The molecular weight excluding hydrogens is 376 g/mol. The Balaban J connectivity index is 2.07. The number of nitrogens with zero attached hydrogens (tertiary/aromatic N) is 1. The van der Waals surface area contributed by atoms with Gasteiger partial charge in [0.25, 0.3) is 0 Å². The second-order valence-corrected chi connectivity index (χ2v) is 9.79. The standard InChI is InChI=1S/C21H34N2O6/c1-7-28-19(27)14-13-8-9-21(29-13)15(14)18(26)23(12(10-24)11(2)3)16(21)17(25)22-20(4,5)6/h11-16,24H,7-10H2,1-6H3,(H,22,25)/t12-,13+,14-,15-,16?,21?/m0/s1. The Bertz CT molecular complexity index is 687. The van der Waals surface area contributed by atoms with Crippen molar-refractivity contribution < 1.29 is 29.0 Å². The van der Waals surface area contributed by atoms with E-state index in [0.717, 1.165) is 0 Å². The summed E-state index contributed by atoms with van der Waals surface area (Å²) in [6.45, 7) is 11.1. The van der Waals surface area contributed by atoms with Crippen molar-refractivity contribution in [2.24, 2.45) is 17.8 Å². The molecule has 3 heterocycles. The molecule has 2 amide bonds. The number of carbonyl (C=O) groups is 3. The molecule has 8 nitrogen and oxygen atoms in total. The Hall–Kier alpha value is -1.67. The van der Waals surface area contributed by atoms with Crippen LogP contribution in [0.25, 0.3) is 0 Å². The molecule has 0 aromatic heterocycles. The highest BCUT2D eigenvalue weighted by Gasteiger charge is 2.75. The summed E-state index contributed by atoms with van der Waals surface area (Å²) < 4.78 is 11.5. The lowest BCUT2D eigenvalue weighted by Gasteiger charge is -2.39. The minimum Gasteiger partial charge on any atom is -0.466 e. The van der Waals surface area contributed by atoms with Gasteiger partial charge in [-0.15, -0.1) is 0 Å². The van der Waals surface area contributed by atoms with E-state index >= 15 is 0 Å². The third-order valence-electron chi connectivity index (χ3n) is 6.36. The summed E-state index contributed by atoms with van der Waals surface area (Å²) in [5.74, 6) is -2.59. The van der Waals surface area contributed by atoms with Crippen molar-refractivity contribution in [3.63, 3.8) is 0 Å². The Morgan fingerprint density at radius 3 is 2.55 bits per heavy atom. The maximum absolute atomic E-state index is 13.6. The summed E-state index contributed by atoms with van der Waals surface area (Å²) in [5.41, 5.74) is -1.55. The maximum Gasteiger partial charge on any atom is 0.312 e. The number of esters is 1. The van der Waals surface area contributed by atoms with Gasteiger partial charge in [0.15, 0.2) is 0 Å². The monoisotopic (exact) mass is 410 g/mol. The van der Waals surface area contributed by atoms with Crippen molar-refractivity contribution in [3.8, 4) is 0 Å². The van der Waals surface area contributed by atoms with Crippen molar-refractivity contribution in [2.45, 2.75) is 83.7 Å². The van der Waals surface area contributed by atoms with Gasteiger partial charge in [-0.25, -0.2) is 0 Å². The van der Waals surface area contributed by atoms with Gasteiger partial charge in [0.05, 0.1) is 37.2 Å². The van der Waals surface area contributed by atoms with Gasteiger partial charge in [0, 0.05) is 5.54 Å². The third kappa shape index (κ3) is 3.44. The normalized spacial score (nSPS) is 34.5. The number of ether oxygens (including phenoxy) is 2. The molecule has 3 aliphatic heterocycles. The number of fused-ring (bicyclic) bond motifs is 1. The average molecular weight is 411 g/mol. The first-order chi connectivity index (χ1) is 13.5. The topological polar surface area (TPSA) is 105 Å². The molecule has 2 bridgehead atoms. The predicted molar refractivity (Wildman–Crippen MR) is 105 cm³/mol. The van der Waals surface area contributed by atoms with E-state index in [2.05, 4.69) is 5.32 Å². The molecule has 0 aliphatic carbocycles. The number of likely N-dealkylation sites (tertiary alicyclic amines) is 1. The highest BCUT2D eigenvalue weighted by atomic mass is 16.6. The van der Waals surface area contributed by atoms with Crippen molar-refractivity contribution >= 4 is 17.8 Å². The van der Waals surface area contributed by atoms with E-state index < -0.39 is 47.1 Å². The number of hydrogen-bond acceptors (Lipinski definition) is 6. The summed E-state index contributed by atoms with van der Waals surface area (Å²) in [6, 6.07) is -1.42. The summed E-state index contributed by atoms with van der Waals surface area (Å²) in [6.07, 6.45) is 0.715. The van der Waals surface area contributed by atoms with Gasteiger partial charge in [-0.1, -0.05) is 13.8 Å². The molecule has 3 rings (SSSR count). The number of carbonyl (C=O) groups excluding carboxylic acids is 3. The molecule has 3 saturated heterocycles. The molecule has 2 N–H and O–H groups in total. The molecule has 8 heteroatoms. The van der Waals surface area contributed by atoms with Gasteiger partial charge in [-0.3, -0.25) is 14.4 Å². The lowest BCUT2D eigenvalue weighted by molar-refractivity contribution is -0.155. The minimum absolute atomic E-state index is 0.0673. The fourth-order valence-corrected chi connectivity index (χ4v) is 5.31. The molecule has 0 saturated carbocycles. The predicted octanol–water partition coefficient (Wildman–Crippen LogP) is 0.856. The summed E-state index contributed by atoms with van der Waals surface area (Å²) in [7, 11) is 0. The quantitative estimate of drug-likeness (QED) is 0.629. The van der Waals surface area contributed by atoms with Crippen LogP contribution in [0.4, 0.5) is 0 Å². The Labute approximate surface area is 172 Å². The Morgan fingerprint density at radius 2 is 2.03 bits per heavy atom. The summed E-state index contributed by atoms with van der Waals surface area (Å²) in [5, 5.41) is 13.0. The Kier molecular flexibility index (Phi) is 5.73. The summed E-state index contributed by atoms with van der Waals surface area (Å²) >= 11 is 0. The van der Waals surface area contributed by atoms with E-state index in [1.807, 2.05) is 34.6 Å². The minimum atomic E-state index is -1.06. The summed E-state index contributed by atoms with van der Waals surface area (Å²) in [4.78, 5) is 41.2. The van der Waals surface area contributed by atoms with Crippen LogP contribution in [0, 0.1) is 17.8 Å². The van der Waals surface area contributed by atoms with E-state index in [0.29, 0.717) is 12.8 Å². The van der Waals surface area contributed by atoms with Gasteiger partial charge in [0.1, 0.15) is 11.6 Å². The molecule has 29 heavy (non-hydrogen) atoms. The second-order valence-electron chi connectivity index (χ2n) is 9.79. The van der Waals surface area contributed by atoms with Gasteiger partial charge in [-0.05, 0) is 46.5 Å². The third-order valence-corrected chi connectivity index (χ3v) is 6.36. The van der Waals surface area contributed by atoms with E-state index in [-0.39, 0.29) is 30.9 Å². The highest BCUT2D eigenvalue weighted by molar-refractivity contribution is 5.98. The SMILES string of the molecule is CCOC(=O)[C@@H]1[C@H]2C(=O)N([C@@H](CO)C(C)C)C(C(=O)NC(C)(C)C)C23CC[C@H]1O3. The maximum atomic E-state index is 13.6. The Morgan fingerprint density at radius 1 is 1.38 bits per heavy atom. The molecule has 2 unspecified atom stereocenters. The zero-order valence-electron chi connectivity index (χ0n) is 18.2. The van der Waals surface area contributed by atoms with E-state index in [4.69, 9.17) is 9.47 Å². The number of rotatable bonds is 6. The van der Waals surface area contributed by atoms with Gasteiger partial charge >= 0.3 is 5.97 Å². The van der Waals surface area contributed by atoms with Crippen LogP contribution in [0.5, 0.6) is 0 Å². The van der Waals surface area contributed by atoms with Crippen LogP contribution in [-0.4, -0.2) is 70.3 Å². The largest absolute Gasteiger partial charge is 0.466 e. The molecule has 6 atom stereocenters. The van der Waals surface area contributed by atoms with Crippen molar-refractivity contribution in [1.29, 1.82) is 0 Å². The number of nitrogens with one attached hydrogen (secondary N) is 1. The van der Waals surface area contributed by atoms with Gasteiger partial charge in [-0.2, -0.15) is 0 Å². The second kappa shape index (κ2) is 7.54. The van der Waals surface area contributed by atoms with Crippen LogP contribution in [0.15, 0.2) is 0 Å². The van der Waals surface area contributed by atoms with Gasteiger partial charge in [0.2, 0.25) is 11.8 Å². The number of aliphatic hydroxyl groups excluding tert-OH is 1. The van der Waals surface area contributed by atoms with Crippen LogP contribution in [0.3, 0.4) is 0 Å². The molecule has 3 aliphatic rings. The zero-order valence-corrected chi connectivity index (χ0v) is 18.2. The van der Waals surface area contributed by atoms with E-state index in [1.54, 1.807) is 6.92 Å². The highest BCUT2D eigenvalue weighted by Crippen LogP contribution is 2.59. The fourth-order valence-electron chi connectivity index (χ4n) is 5.31. The van der Waals surface area contributed by atoms with Crippen LogP contribution in [0.2, 0.25) is 0 Å². The van der Waals surface area contributed by atoms with Crippen molar-refractivity contribution in [3.05, 3.63) is 0 Å². The lowest BCUT2D eigenvalue weighted by Crippen LogP contribution is -2.61. The van der Waals surface area contributed by atoms with Crippen LogP contribution < -0.4 is 5.32 Å². The number of hydrogen-bond donors (Lipinski definition) is 2. The van der Waals surface area contributed by atoms with Crippen LogP contribution >= 0.6 is 0 Å². The first kappa shape index (κ1) is 22.0. The number of amides is 2. The van der Waals surface area contributed by atoms with Gasteiger partial charge < -0.3 is 24.8 Å². The molecule has 3 fully saturated rings. The van der Waals surface area contributed by atoms with E-state index in [9.17, 15) is 19.5 Å². The van der Waals surface area contributed by atoms with Crippen molar-refractivity contribution in [2.75, 3.05) is 13.2 Å². The lowest BCUT2D eigenvalue weighted by atomic mass is 9.70. The zero-order chi connectivity index (χ0) is 21.7. The smallest absolute Gasteiger partial charge is 0.312 e. The molecule has 0 aromatic rings. The first-order valence-corrected chi connectivity index (χ1v) is 10.6. The van der Waals surface area contributed by atoms with Crippen LogP contribution in [0.1, 0.15) is 54.4 Å². The average Bonchev–Trinajstić information content (AvgIpc) is 3.22. The first-order valence-electron chi connectivity index (χ1n) is 10.6. The molecule has 164 valence electrons. The molecule has 0 aromatic carbocycles.